The fourth-order valence-electron chi connectivity index (χ4n) is 5.38. The van der Waals surface area contributed by atoms with Crippen LogP contribution in [0.4, 0.5) is 0 Å². The smallest absolute Gasteiger partial charge is 0.256 e. The number of rotatable bonds is 5. The minimum absolute atomic E-state index is 0.0672. The molecule has 3 amide bonds. The molecule has 1 spiro atoms. The van der Waals surface area contributed by atoms with Crippen LogP contribution >= 0.6 is 0 Å². The third kappa shape index (κ3) is 4.72. The molecular weight excluding hydrogens is 502 g/mol. The zero-order valence-corrected chi connectivity index (χ0v) is 21.6. The number of hydrogen-bond acceptors (Lipinski definition) is 7. The minimum atomic E-state index is -1.000. The Morgan fingerprint density at radius 2 is 1.69 bits per heavy atom. The molecule has 6 rings (SSSR count). The summed E-state index contributed by atoms with van der Waals surface area (Å²) < 4.78 is 22.4. The van der Waals surface area contributed by atoms with Gasteiger partial charge in [-0.15, -0.1) is 0 Å². The van der Waals surface area contributed by atoms with E-state index in [0.29, 0.717) is 54.3 Å². The highest BCUT2D eigenvalue weighted by molar-refractivity contribution is 5.99. The second-order valence-corrected chi connectivity index (χ2v) is 9.97. The number of carbonyl (C=O) groups is 3. The number of ether oxygens (including phenoxy) is 3. The van der Waals surface area contributed by atoms with E-state index in [-0.39, 0.29) is 37.7 Å². The SMILES string of the molecule is Cc1ccc(C(=O)N2[C@H](C(=O)NCc3ccco3)COC23CCN(C(=O)c2ccc4c(c2)OCO4)CC3)cc1. The molecule has 2 fully saturated rings. The van der Waals surface area contributed by atoms with Crippen molar-refractivity contribution in [3.63, 3.8) is 0 Å². The van der Waals surface area contributed by atoms with Crippen molar-refractivity contribution in [3.8, 4) is 11.5 Å². The zero-order valence-electron chi connectivity index (χ0n) is 21.6. The molecule has 10 nitrogen and oxygen atoms in total. The molecule has 0 saturated carbocycles. The van der Waals surface area contributed by atoms with Crippen LogP contribution in [0.5, 0.6) is 11.5 Å². The number of likely N-dealkylation sites (tertiary alicyclic amines) is 1. The van der Waals surface area contributed by atoms with Crippen LogP contribution in [0.2, 0.25) is 0 Å². The second-order valence-electron chi connectivity index (χ2n) is 9.97. The predicted octanol–water partition coefficient (Wildman–Crippen LogP) is 3.11. The lowest BCUT2D eigenvalue weighted by atomic mass is 9.96. The van der Waals surface area contributed by atoms with E-state index in [1.54, 1.807) is 58.5 Å². The van der Waals surface area contributed by atoms with E-state index in [0.717, 1.165) is 5.56 Å². The molecule has 3 aromatic rings. The molecule has 2 aromatic carbocycles. The van der Waals surface area contributed by atoms with Crippen molar-refractivity contribution in [1.82, 2.24) is 15.1 Å². The Kier molecular flexibility index (Phi) is 6.48. The normalized spacial score (nSPS) is 19.4. The van der Waals surface area contributed by atoms with Gasteiger partial charge in [0.15, 0.2) is 11.5 Å². The molecule has 1 aromatic heterocycles. The highest BCUT2D eigenvalue weighted by Gasteiger charge is 2.54. The Balaban J connectivity index is 1.21. The molecule has 39 heavy (non-hydrogen) atoms. The van der Waals surface area contributed by atoms with Crippen LogP contribution in [0.3, 0.4) is 0 Å². The van der Waals surface area contributed by atoms with E-state index < -0.39 is 11.8 Å². The predicted molar refractivity (Wildman–Crippen MR) is 138 cm³/mol. The Bertz CT molecular complexity index is 1380. The monoisotopic (exact) mass is 531 g/mol. The third-order valence-corrected chi connectivity index (χ3v) is 7.55. The van der Waals surface area contributed by atoms with Gasteiger partial charge in [0, 0.05) is 37.1 Å². The lowest BCUT2D eigenvalue weighted by molar-refractivity contribution is -0.128. The molecule has 4 heterocycles. The van der Waals surface area contributed by atoms with E-state index in [9.17, 15) is 14.4 Å². The molecular formula is C29H29N3O7. The van der Waals surface area contributed by atoms with Crippen LogP contribution in [0.1, 0.15) is 44.9 Å². The Morgan fingerprint density at radius 1 is 0.949 bits per heavy atom. The quantitative estimate of drug-likeness (QED) is 0.539. The summed E-state index contributed by atoms with van der Waals surface area (Å²) in [5.41, 5.74) is 1.01. The summed E-state index contributed by atoms with van der Waals surface area (Å²) in [5, 5.41) is 2.87. The lowest BCUT2D eigenvalue weighted by Gasteiger charge is -2.44. The van der Waals surface area contributed by atoms with E-state index in [4.69, 9.17) is 18.6 Å². The second kappa shape index (κ2) is 10.1. The molecule has 2 saturated heterocycles. The number of carbonyl (C=O) groups excluding carboxylic acids is 3. The summed E-state index contributed by atoms with van der Waals surface area (Å²) in [6, 6.07) is 15.1. The number of furan rings is 1. The first kappa shape index (κ1) is 25.0. The number of benzene rings is 2. The third-order valence-electron chi connectivity index (χ3n) is 7.55. The van der Waals surface area contributed by atoms with Crippen LogP contribution in [0.25, 0.3) is 0 Å². The van der Waals surface area contributed by atoms with Gasteiger partial charge in [-0.2, -0.15) is 0 Å². The summed E-state index contributed by atoms with van der Waals surface area (Å²) in [7, 11) is 0. The number of nitrogens with one attached hydrogen (secondary N) is 1. The fraction of sp³-hybridized carbons (Fsp3) is 0.345. The number of aryl methyl sites for hydroxylation is 1. The first-order valence-electron chi connectivity index (χ1n) is 13.0. The largest absolute Gasteiger partial charge is 0.467 e. The number of fused-ring (bicyclic) bond motifs is 1. The Morgan fingerprint density at radius 3 is 2.44 bits per heavy atom. The summed E-state index contributed by atoms with van der Waals surface area (Å²) in [4.78, 5) is 43.8. The topological polar surface area (TPSA) is 111 Å². The van der Waals surface area contributed by atoms with Gasteiger partial charge in [-0.1, -0.05) is 17.7 Å². The number of hydrogen-bond donors (Lipinski definition) is 1. The van der Waals surface area contributed by atoms with Crippen molar-refractivity contribution >= 4 is 17.7 Å². The van der Waals surface area contributed by atoms with Gasteiger partial charge in [0.25, 0.3) is 11.8 Å². The van der Waals surface area contributed by atoms with Crippen molar-refractivity contribution < 1.29 is 33.0 Å². The molecule has 1 atom stereocenters. The van der Waals surface area contributed by atoms with Gasteiger partial charge in [0.1, 0.15) is 17.5 Å². The van der Waals surface area contributed by atoms with Crippen LogP contribution in [0.15, 0.2) is 65.3 Å². The maximum Gasteiger partial charge on any atom is 0.256 e. The highest BCUT2D eigenvalue weighted by atomic mass is 16.7. The van der Waals surface area contributed by atoms with Crippen molar-refractivity contribution in [2.75, 3.05) is 26.5 Å². The molecule has 0 bridgehead atoms. The standard InChI is InChI=1S/C29H29N3O7/c1-19-4-6-20(7-5-19)28(35)32-23(26(33)30-16-22-3-2-14-36-22)17-39-29(32)10-12-31(13-11-29)27(34)21-8-9-24-25(15-21)38-18-37-24/h2-9,14-15,23H,10-13,16-18H2,1H3,(H,30,33)/t23-/m0/s1. The van der Waals surface area contributed by atoms with Crippen LogP contribution in [0, 0.1) is 6.92 Å². The molecule has 10 heteroatoms. The molecule has 202 valence electrons. The first-order valence-corrected chi connectivity index (χ1v) is 13.0. The molecule has 0 unspecified atom stereocenters. The summed E-state index contributed by atoms with van der Waals surface area (Å²) in [6.07, 6.45) is 2.30. The maximum absolute atomic E-state index is 13.9. The lowest BCUT2D eigenvalue weighted by Crippen LogP contribution is -2.59. The molecule has 3 aliphatic rings. The molecule has 0 radical (unpaired) electrons. The molecule has 1 N–H and O–H groups in total. The number of amides is 3. The summed E-state index contributed by atoms with van der Waals surface area (Å²) in [6.45, 7) is 3.10. The molecule has 3 aliphatic heterocycles. The van der Waals surface area contributed by atoms with Gasteiger partial charge in [0.05, 0.1) is 19.4 Å². The van der Waals surface area contributed by atoms with E-state index in [1.807, 2.05) is 19.1 Å². The average Bonchev–Trinajstić information content (AvgIpc) is 3.72. The summed E-state index contributed by atoms with van der Waals surface area (Å²) >= 11 is 0. The highest BCUT2D eigenvalue weighted by Crippen LogP contribution is 2.39. The fourth-order valence-corrected chi connectivity index (χ4v) is 5.38. The van der Waals surface area contributed by atoms with Crippen molar-refractivity contribution in [1.29, 1.82) is 0 Å². The van der Waals surface area contributed by atoms with Crippen LogP contribution < -0.4 is 14.8 Å². The van der Waals surface area contributed by atoms with Gasteiger partial charge in [-0.05, 0) is 49.4 Å². The molecule has 0 aliphatic carbocycles. The number of piperidine rings is 1. The maximum atomic E-state index is 13.9. The van der Waals surface area contributed by atoms with Crippen molar-refractivity contribution in [2.24, 2.45) is 0 Å². The average molecular weight is 532 g/mol. The van der Waals surface area contributed by atoms with Crippen molar-refractivity contribution in [2.45, 2.75) is 38.1 Å². The zero-order chi connectivity index (χ0) is 27.0. The van der Waals surface area contributed by atoms with Gasteiger partial charge in [0.2, 0.25) is 12.7 Å². The Labute approximate surface area is 225 Å². The van der Waals surface area contributed by atoms with Crippen molar-refractivity contribution in [3.05, 3.63) is 83.3 Å². The Hall–Kier alpha value is -4.31. The number of nitrogens with zero attached hydrogens (tertiary/aromatic N) is 2. The van der Waals surface area contributed by atoms with Crippen LogP contribution in [-0.4, -0.2) is 65.8 Å². The first-order chi connectivity index (χ1) is 18.9. The van der Waals surface area contributed by atoms with Crippen LogP contribution in [-0.2, 0) is 16.1 Å². The van der Waals surface area contributed by atoms with Gasteiger partial charge >= 0.3 is 0 Å². The van der Waals surface area contributed by atoms with E-state index >= 15 is 0 Å². The van der Waals surface area contributed by atoms with Gasteiger partial charge in [-0.3, -0.25) is 19.3 Å². The van der Waals surface area contributed by atoms with E-state index in [1.165, 1.54) is 0 Å². The van der Waals surface area contributed by atoms with Gasteiger partial charge in [-0.25, -0.2) is 0 Å². The van der Waals surface area contributed by atoms with E-state index in [2.05, 4.69) is 5.32 Å². The summed E-state index contributed by atoms with van der Waals surface area (Å²) in [5.74, 6) is 1.05. The van der Waals surface area contributed by atoms with Gasteiger partial charge < -0.3 is 28.8 Å². The minimum Gasteiger partial charge on any atom is -0.467 e.